The van der Waals surface area contributed by atoms with Crippen LogP contribution in [-0.4, -0.2) is 20.8 Å². The minimum Gasteiger partial charge on any atom is -0.332 e. The minimum absolute atomic E-state index is 0.143. The molecule has 1 amide bonds. The van der Waals surface area contributed by atoms with Crippen molar-refractivity contribution in [3.63, 3.8) is 0 Å². The quantitative estimate of drug-likeness (QED) is 0.868. The second-order valence-electron chi connectivity index (χ2n) is 7.41. The Balaban J connectivity index is 1.43. The molecule has 0 unspecified atom stereocenters. The summed E-state index contributed by atoms with van der Waals surface area (Å²) in [6.45, 7) is 5.64. The third-order valence-corrected chi connectivity index (χ3v) is 4.94. The fourth-order valence-corrected chi connectivity index (χ4v) is 3.59. The van der Waals surface area contributed by atoms with Crippen LogP contribution in [0.25, 0.3) is 0 Å². The zero-order valence-electron chi connectivity index (χ0n) is 14.3. The van der Waals surface area contributed by atoms with Gasteiger partial charge in [-0.2, -0.15) is 0 Å². The van der Waals surface area contributed by atoms with Gasteiger partial charge in [0.05, 0.1) is 12.2 Å². The third kappa shape index (κ3) is 2.93. The number of hydrogen-bond donors (Lipinski definition) is 0. The van der Waals surface area contributed by atoms with Crippen LogP contribution in [0.2, 0.25) is 0 Å². The van der Waals surface area contributed by atoms with Gasteiger partial charge >= 0.3 is 0 Å². The first-order valence-electron chi connectivity index (χ1n) is 8.79. The predicted molar refractivity (Wildman–Crippen MR) is 92.1 cm³/mol. The molecule has 2 heterocycles. The first-order valence-corrected chi connectivity index (χ1v) is 8.79. The van der Waals surface area contributed by atoms with E-state index in [-0.39, 0.29) is 11.8 Å². The lowest BCUT2D eigenvalue weighted by Crippen LogP contribution is -2.27. The highest BCUT2D eigenvalue weighted by molar-refractivity contribution is 5.83. The smallest absolute Gasteiger partial charge is 0.226 e. The fourth-order valence-electron chi connectivity index (χ4n) is 3.59. The number of carbonyl (C=O) groups is 1. The minimum atomic E-state index is 0.143. The maximum Gasteiger partial charge on any atom is 0.226 e. The Hall–Kier alpha value is -2.23. The number of hydrogen-bond acceptors (Lipinski definition) is 3. The zero-order valence-corrected chi connectivity index (χ0v) is 14.3. The molecule has 0 bridgehead atoms. The maximum atomic E-state index is 12.8. The van der Waals surface area contributed by atoms with Crippen molar-refractivity contribution in [1.29, 1.82) is 0 Å². The Bertz CT molecular complexity index is 757. The van der Waals surface area contributed by atoms with Crippen LogP contribution in [0.5, 0.6) is 0 Å². The summed E-state index contributed by atoms with van der Waals surface area (Å²) in [5.41, 5.74) is 3.42. The number of aromatic nitrogens is 2. The summed E-state index contributed by atoms with van der Waals surface area (Å²) < 4.78 is 0. The van der Waals surface area contributed by atoms with Gasteiger partial charge in [0.25, 0.3) is 0 Å². The van der Waals surface area contributed by atoms with E-state index in [1.165, 1.54) is 5.56 Å². The molecule has 0 radical (unpaired) electrons. The molecule has 1 aromatic heterocycles. The average molecular weight is 321 g/mol. The largest absolute Gasteiger partial charge is 0.332 e. The summed E-state index contributed by atoms with van der Waals surface area (Å²) in [6, 6.07) is 10.4. The van der Waals surface area contributed by atoms with Gasteiger partial charge in [-0.25, -0.2) is 9.97 Å². The molecule has 4 rings (SSSR count). The summed E-state index contributed by atoms with van der Waals surface area (Å²) in [4.78, 5) is 23.9. The Morgan fingerprint density at radius 1 is 1.25 bits per heavy atom. The standard InChI is InChI=1S/C20H23N3O/c1-13(2)8-19-21-10-15-11-23(12-18(15)22-19)20(24)17-9-16(17)14-6-4-3-5-7-14/h3-7,10,13,16-17H,8-9,11-12H2,1-2H3/t16-,17+/m0/s1. The molecule has 2 aliphatic rings. The summed E-state index contributed by atoms with van der Waals surface area (Å²) in [6.07, 6.45) is 3.77. The molecule has 2 atom stereocenters. The highest BCUT2D eigenvalue weighted by Gasteiger charge is 2.46. The van der Waals surface area contributed by atoms with E-state index in [1.807, 2.05) is 29.3 Å². The van der Waals surface area contributed by atoms with Crippen molar-refractivity contribution in [2.75, 3.05) is 0 Å². The molecule has 2 aromatic rings. The number of rotatable bonds is 4. The number of nitrogens with zero attached hydrogens (tertiary/aromatic N) is 3. The Morgan fingerprint density at radius 2 is 2.04 bits per heavy atom. The van der Waals surface area contributed by atoms with E-state index in [4.69, 9.17) is 0 Å². The molecule has 1 saturated carbocycles. The molecule has 0 spiro atoms. The summed E-state index contributed by atoms with van der Waals surface area (Å²) in [7, 11) is 0. The van der Waals surface area contributed by atoms with E-state index < -0.39 is 0 Å². The first kappa shape index (κ1) is 15.3. The van der Waals surface area contributed by atoms with Crippen molar-refractivity contribution < 1.29 is 4.79 Å². The van der Waals surface area contributed by atoms with E-state index in [0.29, 0.717) is 24.9 Å². The fraction of sp³-hybridized carbons (Fsp3) is 0.450. The number of carbonyl (C=O) groups excluding carboxylic acids is 1. The lowest BCUT2D eigenvalue weighted by molar-refractivity contribution is -0.133. The molecule has 4 nitrogen and oxygen atoms in total. The van der Waals surface area contributed by atoms with E-state index in [9.17, 15) is 4.79 Å². The Morgan fingerprint density at radius 3 is 2.79 bits per heavy atom. The highest BCUT2D eigenvalue weighted by Crippen LogP contribution is 2.49. The van der Waals surface area contributed by atoms with Gasteiger partial charge in [0.15, 0.2) is 0 Å². The van der Waals surface area contributed by atoms with Gasteiger partial charge < -0.3 is 4.90 Å². The number of fused-ring (bicyclic) bond motifs is 1. The van der Waals surface area contributed by atoms with Gasteiger partial charge in [0.2, 0.25) is 5.91 Å². The lowest BCUT2D eigenvalue weighted by Gasteiger charge is -2.15. The van der Waals surface area contributed by atoms with E-state index in [2.05, 4.69) is 35.9 Å². The van der Waals surface area contributed by atoms with Gasteiger partial charge in [-0.05, 0) is 23.8 Å². The van der Waals surface area contributed by atoms with Crippen LogP contribution in [0.4, 0.5) is 0 Å². The molecule has 1 aliphatic carbocycles. The molecule has 124 valence electrons. The van der Waals surface area contributed by atoms with E-state index in [1.54, 1.807) is 0 Å². The van der Waals surface area contributed by atoms with Crippen molar-refractivity contribution in [2.45, 2.75) is 45.7 Å². The van der Waals surface area contributed by atoms with Crippen molar-refractivity contribution in [3.8, 4) is 0 Å². The van der Waals surface area contributed by atoms with Crippen LogP contribution in [0.3, 0.4) is 0 Å². The summed E-state index contributed by atoms with van der Waals surface area (Å²) in [5, 5.41) is 0. The van der Waals surface area contributed by atoms with Crippen LogP contribution in [0.15, 0.2) is 36.5 Å². The van der Waals surface area contributed by atoms with Crippen LogP contribution < -0.4 is 0 Å². The third-order valence-electron chi connectivity index (χ3n) is 4.94. The number of benzene rings is 1. The molecule has 0 saturated heterocycles. The van der Waals surface area contributed by atoms with Gasteiger partial charge in [-0.1, -0.05) is 44.2 Å². The molecular formula is C20H23N3O. The maximum absolute atomic E-state index is 12.8. The van der Waals surface area contributed by atoms with Gasteiger partial charge in [0, 0.05) is 30.6 Å². The van der Waals surface area contributed by atoms with E-state index in [0.717, 1.165) is 29.9 Å². The van der Waals surface area contributed by atoms with Crippen molar-refractivity contribution in [2.24, 2.45) is 11.8 Å². The molecule has 4 heteroatoms. The molecule has 1 aromatic carbocycles. The van der Waals surface area contributed by atoms with Crippen LogP contribution in [-0.2, 0) is 24.3 Å². The lowest BCUT2D eigenvalue weighted by atomic mass is 10.1. The molecule has 1 aliphatic heterocycles. The van der Waals surface area contributed by atoms with Crippen LogP contribution in [0.1, 0.15) is 48.8 Å². The normalized spacial score (nSPS) is 21.9. The van der Waals surface area contributed by atoms with Crippen LogP contribution in [0, 0.1) is 11.8 Å². The summed E-state index contributed by atoms with van der Waals surface area (Å²) >= 11 is 0. The van der Waals surface area contributed by atoms with Crippen LogP contribution >= 0.6 is 0 Å². The van der Waals surface area contributed by atoms with Gasteiger partial charge in [-0.15, -0.1) is 0 Å². The average Bonchev–Trinajstić information content (AvgIpc) is 3.26. The number of amides is 1. The van der Waals surface area contributed by atoms with E-state index >= 15 is 0 Å². The van der Waals surface area contributed by atoms with Crippen molar-refractivity contribution in [3.05, 3.63) is 59.2 Å². The first-order chi connectivity index (χ1) is 11.6. The highest BCUT2D eigenvalue weighted by atomic mass is 16.2. The molecular weight excluding hydrogens is 298 g/mol. The van der Waals surface area contributed by atoms with Gasteiger partial charge in [0.1, 0.15) is 5.82 Å². The Kier molecular flexibility index (Phi) is 3.83. The topological polar surface area (TPSA) is 46.1 Å². The predicted octanol–water partition coefficient (Wildman–Crippen LogP) is 3.32. The molecule has 1 fully saturated rings. The second-order valence-corrected chi connectivity index (χ2v) is 7.41. The SMILES string of the molecule is CC(C)Cc1ncc2c(n1)CN(C(=O)[C@@H]1C[C@H]1c1ccccc1)C2. The zero-order chi connectivity index (χ0) is 16.7. The van der Waals surface area contributed by atoms with Gasteiger partial charge in [-0.3, -0.25) is 4.79 Å². The van der Waals surface area contributed by atoms with Crippen molar-refractivity contribution >= 4 is 5.91 Å². The molecule has 24 heavy (non-hydrogen) atoms. The second kappa shape index (κ2) is 6.00. The Labute approximate surface area is 142 Å². The molecule has 0 N–H and O–H groups in total. The monoisotopic (exact) mass is 321 g/mol. The summed E-state index contributed by atoms with van der Waals surface area (Å²) in [5.74, 6) is 2.24. The van der Waals surface area contributed by atoms with Crippen molar-refractivity contribution in [1.82, 2.24) is 14.9 Å².